The minimum absolute atomic E-state index is 0.290. The molecule has 1 aliphatic heterocycles. The molecule has 0 saturated carbocycles. The zero-order chi connectivity index (χ0) is 12.7. The molecule has 1 aromatic heterocycles. The van der Waals surface area contributed by atoms with E-state index in [1.807, 2.05) is 13.2 Å². The van der Waals surface area contributed by atoms with Crippen LogP contribution in [0.2, 0.25) is 5.15 Å². The number of fused-ring (bicyclic) bond motifs is 1. The molecule has 0 amide bonds. The molecule has 1 aliphatic rings. The summed E-state index contributed by atoms with van der Waals surface area (Å²) in [6.45, 7) is 3.10. The van der Waals surface area contributed by atoms with Gasteiger partial charge in [0.15, 0.2) is 0 Å². The summed E-state index contributed by atoms with van der Waals surface area (Å²) in [4.78, 5) is 0. The fourth-order valence-corrected chi connectivity index (χ4v) is 2.91. The number of nitrogens with zero attached hydrogens (tertiary/aromatic N) is 2. The molecule has 2 aromatic rings. The normalized spacial score (nSPS) is 22.8. The van der Waals surface area contributed by atoms with E-state index >= 15 is 0 Å². The molecule has 94 valence electrons. The van der Waals surface area contributed by atoms with Gasteiger partial charge in [-0.3, -0.25) is 4.68 Å². The van der Waals surface area contributed by atoms with Crippen molar-refractivity contribution < 1.29 is 0 Å². The molecule has 2 atom stereocenters. The Morgan fingerprint density at radius 1 is 1.28 bits per heavy atom. The van der Waals surface area contributed by atoms with Crippen molar-refractivity contribution in [2.75, 3.05) is 6.54 Å². The van der Waals surface area contributed by atoms with E-state index in [0.717, 1.165) is 17.3 Å². The van der Waals surface area contributed by atoms with Gasteiger partial charge in [0.05, 0.1) is 6.20 Å². The highest BCUT2D eigenvalue weighted by Gasteiger charge is 2.27. The zero-order valence-corrected chi connectivity index (χ0v) is 11.3. The van der Waals surface area contributed by atoms with E-state index in [0.29, 0.717) is 12.0 Å². The molecular weight excluding hydrogens is 246 g/mol. The Morgan fingerprint density at radius 3 is 2.67 bits per heavy atom. The van der Waals surface area contributed by atoms with Crippen molar-refractivity contribution in [3.63, 3.8) is 0 Å². The molecule has 0 radical (unpaired) electrons. The monoisotopic (exact) mass is 261 g/mol. The molecule has 4 heteroatoms. The van der Waals surface area contributed by atoms with Crippen LogP contribution < -0.4 is 5.32 Å². The molecule has 0 aliphatic carbocycles. The minimum Gasteiger partial charge on any atom is -0.309 e. The van der Waals surface area contributed by atoms with E-state index in [1.54, 1.807) is 4.68 Å². The van der Waals surface area contributed by atoms with Gasteiger partial charge in [-0.15, -0.1) is 0 Å². The summed E-state index contributed by atoms with van der Waals surface area (Å²) in [7, 11) is 1.87. The first-order chi connectivity index (χ1) is 8.68. The largest absolute Gasteiger partial charge is 0.309 e. The summed E-state index contributed by atoms with van der Waals surface area (Å²) in [6.07, 6.45) is 1.88. The van der Waals surface area contributed by atoms with Crippen molar-refractivity contribution in [2.45, 2.75) is 18.9 Å². The van der Waals surface area contributed by atoms with Gasteiger partial charge >= 0.3 is 0 Å². The number of aromatic nitrogens is 2. The van der Waals surface area contributed by atoms with Crippen molar-refractivity contribution in [1.29, 1.82) is 0 Å². The van der Waals surface area contributed by atoms with Crippen molar-refractivity contribution in [3.8, 4) is 0 Å². The quantitative estimate of drug-likeness (QED) is 0.856. The third-order valence-corrected chi connectivity index (χ3v) is 4.20. The van der Waals surface area contributed by atoms with Crippen LogP contribution in [0, 0.1) is 0 Å². The Labute approximate surface area is 112 Å². The third kappa shape index (κ3) is 1.74. The first kappa shape index (κ1) is 11.8. The van der Waals surface area contributed by atoms with Gasteiger partial charge in [-0.05, 0) is 18.1 Å². The standard InChI is InChI=1S/C14H16ClN3/c1-9-10-5-3-4-6-11(10)12(7-16-9)13-8-17-18(2)14(13)15/h3-6,8-9,12,16H,7H2,1-2H3/t9-,12-/m0/s1. The van der Waals surface area contributed by atoms with Crippen molar-refractivity contribution in [2.24, 2.45) is 7.05 Å². The van der Waals surface area contributed by atoms with Crippen molar-refractivity contribution in [1.82, 2.24) is 15.1 Å². The average Bonchev–Trinajstić information content (AvgIpc) is 2.71. The van der Waals surface area contributed by atoms with Crippen LogP contribution in [0.25, 0.3) is 0 Å². The lowest BCUT2D eigenvalue weighted by atomic mass is 9.84. The molecule has 0 bridgehead atoms. The lowest BCUT2D eigenvalue weighted by Crippen LogP contribution is -2.32. The van der Waals surface area contributed by atoms with Gasteiger partial charge in [-0.2, -0.15) is 5.10 Å². The van der Waals surface area contributed by atoms with E-state index in [1.165, 1.54) is 11.1 Å². The summed E-state index contributed by atoms with van der Waals surface area (Å²) in [5.74, 6) is 0.290. The molecular formula is C14H16ClN3. The zero-order valence-electron chi connectivity index (χ0n) is 10.5. The topological polar surface area (TPSA) is 29.9 Å². The predicted molar refractivity (Wildman–Crippen MR) is 72.9 cm³/mol. The van der Waals surface area contributed by atoms with E-state index < -0.39 is 0 Å². The summed E-state index contributed by atoms with van der Waals surface area (Å²) in [6, 6.07) is 8.95. The summed E-state index contributed by atoms with van der Waals surface area (Å²) >= 11 is 6.32. The van der Waals surface area contributed by atoms with Crippen LogP contribution in [0.1, 0.15) is 35.6 Å². The molecule has 0 spiro atoms. The fourth-order valence-electron chi connectivity index (χ4n) is 2.69. The number of rotatable bonds is 1. The molecule has 18 heavy (non-hydrogen) atoms. The number of aryl methyl sites for hydroxylation is 1. The van der Waals surface area contributed by atoms with Gasteiger partial charge in [-0.1, -0.05) is 35.9 Å². The van der Waals surface area contributed by atoms with Gasteiger partial charge in [0.25, 0.3) is 0 Å². The highest BCUT2D eigenvalue weighted by Crippen LogP contribution is 2.36. The maximum atomic E-state index is 6.32. The first-order valence-corrected chi connectivity index (χ1v) is 6.56. The summed E-state index contributed by atoms with van der Waals surface area (Å²) in [5, 5.41) is 8.50. The number of nitrogens with one attached hydrogen (secondary N) is 1. The van der Waals surface area contributed by atoms with Crippen LogP contribution in [0.4, 0.5) is 0 Å². The average molecular weight is 262 g/mol. The number of halogens is 1. The Hall–Kier alpha value is -1.32. The van der Waals surface area contributed by atoms with Gasteiger partial charge in [0.2, 0.25) is 0 Å². The SMILES string of the molecule is C[C@@H]1NC[C@H](c2cnn(C)c2Cl)c2ccccc21. The van der Waals surface area contributed by atoms with Gasteiger partial charge < -0.3 is 5.32 Å². The molecule has 3 rings (SSSR count). The second-order valence-corrected chi connectivity index (χ2v) is 5.18. The number of hydrogen-bond donors (Lipinski definition) is 1. The lowest BCUT2D eigenvalue weighted by Gasteiger charge is -2.30. The lowest BCUT2D eigenvalue weighted by molar-refractivity contribution is 0.508. The van der Waals surface area contributed by atoms with Crippen molar-refractivity contribution in [3.05, 3.63) is 52.3 Å². The second-order valence-electron chi connectivity index (χ2n) is 4.83. The minimum atomic E-state index is 0.290. The van der Waals surface area contributed by atoms with Crippen LogP contribution in [-0.2, 0) is 7.05 Å². The van der Waals surface area contributed by atoms with Crippen LogP contribution >= 0.6 is 11.6 Å². The summed E-state index contributed by atoms with van der Waals surface area (Å²) in [5.41, 5.74) is 3.82. The highest BCUT2D eigenvalue weighted by atomic mass is 35.5. The molecule has 1 aromatic carbocycles. The Bertz CT molecular complexity index is 576. The smallest absolute Gasteiger partial charge is 0.130 e. The van der Waals surface area contributed by atoms with Gasteiger partial charge in [-0.25, -0.2) is 0 Å². The highest BCUT2D eigenvalue weighted by molar-refractivity contribution is 6.30. The first-order valence-electron chi connectivity index (χ1n) is 6.18. The summed E-state index contributed by atoms with van der Waals surface area (Å²) < 4.78 is 1.72. The third-order valence-electron chi connectivity index (χ3n) is 3.73. The van der Waals surface area contributed by atoms with E-state index in [9.17, 15) is 0 Å². The van der Waals surface area contributed by atoms with Gasteiger partial charge in [0, 0.05) is 31.1 Å². The molecule has 2 heterocycles. The Kier molecular flexibility index (Phi) is 2.88. The predicted octanol–water partition coefficient (Wildman–Crippen LogP) is 2.87. The maximum absolute atomic E-state index is 6.32. The fraction of sp³-hybridized carbons (Fsp3) is 0.357. The Balaban J connectivity index is 2.10. The van der Waals surface area contributed by atoms with E-state index in [4.69, 9.17) is 11.6 Å². The molecule has 1 N–H and O–H groups in total. The second kappa shape index (κ2) is 4.41. The molecule has 0 fully saturated rings. The maximum Gasteiger partial charge on any atom is 0.130 e. The van der Waals surface area contributed by atoms with Crippen LogP contribution in [-0.4, -0.2) is 16.3 Å². The van der Waals surface area contributed by atoms with Crippen LogP contribution in [0.3, 0.4) is 0 Å². The molecule has 0 unspecified atom stereocenters. The van der Waals surface area contributed by atoms with Crippen LogP contribution in [0.5, 0.6) is 0 Å². The van der Waals surface area contributed by atoms with E-state index in [-0.39, 0.29) is 0 Å². The van der Waals surface area contributed by atoms with Gasteiger partial charge in [0.1, 0.15) is 5.15 Å². The van der Waals surface area contributed by atoms with Crippen molar-refractivity contribution >= 4 is 11.6 Å². The Morgan fingerprint density at radius 2 is 2.00 bits per heavy atom. The molecule has 0 saturated heterocycles. The van der Waals surface area contributed by atoms with Crippen LogP contribution in [0.15, 0.2) is 30.5 Å². The number of hydrogen-bond acceptors (Lipinski definition) is 2. The van der Waals surface area contributed by atoms with E-state index in [2.05, 4.69) is 41.6 Å². The number of benzene rings is 1. The molecule has 3 nitrogen and oxygen atoms in total.